The molecule has 6 heteroatoms. The Morgan fingerprint density at radius 2 is 1.75 bits per heavy atom. The fourth-order valence-corrected chi connectivity index (χ4v) is 1.95. The maximum absolute atomic E-state index is 13.2. The van der Waals surface area contributed by atoms with Crippen molar-refractivity contribution in [2.24, 2.45) is 0 Å². The summed E-state index contributed by atoms with van der Waals surface area (Å²) in [5, 5.41) is 6.00. The number of aromatic nitrogens is 2. The summed E-state index contributed by atoms with van der Waals surface area (Å²) in [6, 6.07) is 3.64. The highest BCUT2D eigenvalue weighted by atomic mass is 19.2. The zero-order valence-electron chi connectivity index (χ0n) is 11.5. The lowest BCUT2D eigenvalue weighted by molar-refractivity contribution is 0.509. The number of benzene rings is 1. The Hall–Kier alpha value is -2.24. The maximum Gasteiger partial charge on any atom is 0.160 e. The van der Waals surface area contributed by atoms with Crippen LogP contribution in [-0.2, 0) is 0 Å². The number of hydrogen-bond donors (Lipinski definition) is 2. The van der Waals surface area contributed by atoms with E-state index in [1.54, 1.807) is 7.05 Å². The largest absolute Gasteiger partial charge is 0.373 e. The van der Waals surface area contributed by atoms with E-state index in [0.717, 1.165) is 17.7 Å². The van der Waals surface area contributed by atoms with E-state index in [9.17, 15) is 8.78 Å². The third-order valence-electron chi connectivity index (χ3n) is 2.88. The SMILES string of the molecule is CNc1ncnc(Nc2ccc(F)c(F)c2)c1C(C)C. The minimum absolute atomic E-state index is 0.173. The van der Waals surface area contributed by atoms with Crippen LogP contribution in [0.4, 0.5) is 26.1 Å². The summed E-state index contributed by atoms with van der Waals surface area (Å²) in [7, 11) is 1.77. The van der Waals surface area contributed by atoms with E-state index < -0.39 is 11.6 Å². The Balaban J connectivity index is 2.40. The first kappa shape index (κ1) is 14.2. The molecule has 0 saturated carbocycles. The Morgan fingerprint density at radius 1 is 1.05 bits per heavy atom. The molecule has 0 aliphatic carbocycles. The van der Waals surface area contributed by atoms with E-state index in [2.05, 4.69) is 20.6 Å². The molecule has 0 amide bonds. The molecular weight excluding hydrogens is 262 g/mol. The summed E-state index contributed by atoms with van der Waals surface area (Å²) in [4.78, 5) is 8.33. The van der Waals surface area contributed by atoms with Crippen LogP contribution in [0, 0.1) is 11.6 Å². The molecule has 0 aliphatic rings. The van der Waals surface area contributed by atoms with Gasteiger partial charge in [0.25, 0.3) is 0 Å². The minimum atomic E-state index is -0.899. The highest BCUT2D eigenvalue weighted by molar-refractivity contribution is 5.65. The van der Waals surface area contributed by atoms with E-state index in [4.69, 9.17) is 0 Å². The molecule has 0 spiro atoms. The summed E-state index contributed by atoms with van der Waals surface area (Å²) >= 11 is 0. The minimum Gasteiger partial charge on any atom is -0.373 e. The van der Waals surface area contributed by atoms with Gasteiger partial charge in [0.1, 0.15) is 18.0 Å². The first-order valence-corrected chi connectivity index (χ1v) is 6.27. The van der Waals surface area contributed by atoms with Gasteiger partial charge in [0.2, 0.25) is 0 Å². The van der Waals surface area contributed by atoms with Crippen molar-refractivity contribution in [2.45, 2.75) is 19.8 Å². The normalized spacial score (nSPS) is 10.7. The van der Waals surface area contributed by atoms with Crippen molar-refractivity contribution in [3.05, 3.63) is 41.7 Å². The molecule has 0 unspecified atom stereocenters. The van der Waals surface area contributed by atoms with E-state index in [1.165, 1.54) is 12.4 Å². The molecule has 0 saturated heterocycles. The van der Waals surface area contributed by atoms with E-state index >= 15 is 0 Å². The number of nitrogens with zero attached hydrogens (tertiary/aromatic N) is 2. The van der Waals surface area contributed by atoms with Crippen LogP contribution in [0.15, 0.2) is 24.5 Å². The highest BCUT2D eigenvalue weighted by Crippen LogP contribution is 2.30. The highest BCUT2D eigenvalue weighted by Gasteiger charge is 2.14. The second-order valence-corrected chi connectivity index (χ2v) is 4.64. The van der Waals surface area contributed by atoms with Crippen LogP contribution in [-0.4, -0.2) is 17.0 Å². The monoisotopic (exact) mass is 278 g/mol. The molecule has 4 nitrogen and oxygen atoms in total. The van der Waals surface area contributed by atoms with Crippen LogP contribution in [0.1, 0.15) is 25.3 Å². The van der Waals surface area contributed by atoms with Gasteiger partial charge in [0.15, 0.2) is 11.6 Å². The van der Waals surface area contributed by atoms with Crippen molar-refractivity contribution in [3.8, 4) is 0 Å². The lowest BCUT2D eigenvalue weighted by atomic mass is 10.0. The Kier molecular flexibility index (Phi) is 4.12. The lowest BCUT2D eigenvalue weighted by Crippen LogP contribution is -2.07. The van der Waals surface area contributed by atoms with Gasteiger partial charge in [0, 0.05) is 24.4 Å². The van der Waals surface area contributed by atoms with Crippen molar-refractivity contribution < 1.29 is 8.78 Å². The molecule has 0 aliphatic heterocycles. The molecule has 106 valence electrons. The molecule has 2 rings (SSSR count). The summed E-state index contributed by atoms with van der Waals surface area (Å²) in [5.74, 6) is -0.320. The van der Waals surface area contributed by atoms with Crippen LogP contribution in [0.5, 0.6) is 0 Å². The predicted molar refractivity (Wildman–Crippen MR) is 75.3 cm³/mol. The fraction of sp³-hybridized carbons (Fsp3) is 0.286. The molecule has 0 fully saturated rings. The molecule has 2 aromatic rings. The molecule has 1 aromatic carbocycles. The summed E-state index contributed by atoms with van der Waals surface area (Å²) in [6.45, 7) is 4.02. The number of rotatable bonds is 4. The topological polar surface area (TPSA) is 49.8 Å². The van der Waals surface area contributed by atoms with Gasteiger partial charge in [-0.1, -0.05) is 13.8 Å². The van der Waals surface area contributed by atoms with Crippen molar-refractivity contribution in [2.75, 3.05) is 17.7 Å². The molecule has 1 aromatic heterocycles. The number of hydrogen-bond acceptors (Lipinski definition) is 4. The molecule has 0 bridgehead atoms. The average Bonchev–Trinajstić information content (AvgIpc) is 2.42. The van der Waals surface area contributed by atoms with E-state index in [0.29, 0.717) is 17.3 Å². The molecule has 0 atom stereocenters. The van der Waals surface area contributed by atoms with Gasteiger partial charge in [0.05, 0.1) is 0 Å². The Bertz CT molecular complexity index is 614. The molecular formula is C14H16F2N4. The predicted octanol–water partition coefficient (Wildman–Crippen LogP) is 3.66. The van der Waals surface area contributed by atoms with Crippen LogP contribution >= 0.6 is 0 Å². The quantitative estimate of drug-likeness (QED) is 0.896. The first-order valence-electron chi connectivity index (χ1n) is 6.27. The van der Waals surface area contributed by atoms with Gasteiger partial charge in [-0.3, -0.25) is 0 Å². The van der Waals surface area contributed by atoms with Gasteiger partial charge in [-0.15, -0.1) is 0 Å². The zero-order chi connectivity index (χ0) is 14.7. The van der Waals surface area contributed by atoms with Gasteiger partial charge < -0.3 is 10.6 Å². The van der Waals surface area contributed by atoms with Crippen LogP contribution in [0.3, 0.4) is 0 Å². The van der Waals surface area contributed by atoms with Crippen molar-refractivity contribution >= 4 is 17.3 Å². The van der Waals surface area contributed by atoms with E-state index in [1.807, 2.05) is 13.8 Å². The summed E-state index contributed by atoms with van der Waals surface area (Å²) in [5.41, 5.74) is 1.33. The average molecular weight is 278 g/mol. The van der Waals surface area contributed by atoms with Gasteiger partial charge in [-0.05, 0) is 18.1 Å². The zero-order valence-corrected chi connectivity index (χ0v) is 11.5. The smallest absolute Gasteiger partial charge is 0.160 e. The standard InChI is InChI=1S/C14H16F2N4/c1-8(2)12-13(17-3)18-7-19-14(12)20-9-4-5-10(15)11(16)6-9/h4-8H,1-3H3,(H2,17,18,19,20). The number of halogens is 2. The summed E-state index contributed by atoms with van der Waals surface area (Å²) < 4.78 is 26.2. The van der Waals surface area contributed by atoms with Crippen molar-refractivity contribution in [1.82, 2.24) is 9.97 Å². The van der Waals surface area contributed by atoms with Crippen LogP contribution in [0.2, 0.25) is 0 Å². The number of anilines is 3. The van der Waals surface area contributed by atoms with Crippen molar-refractivity contribution in [1.29, 1.82) is 0 Å². The molecule has 2 N–H and O–H groups in total. The molecule has 0 radical (unpaired) electrons. The van der Waals surface area contributed by atoms with Gasteiger partial charge >= 0.3 is 0 Å². The maximum atomic E-state index is 13.2. The molecule has 20 heavy (non-hydrogen) atoms. The van der Waals surface area contributed by atoms with E-state index in [-0.39, 0.29) is 5.92 Å². The fourth-order valence-electron chi connectivity index (χ4n) is 1.95. The molecule has 1 heterocycles. The van der Waals surface area contributed by atoms with Gasteiger partial charge in [-0.2, -0.15) is 0 Å². The second kappa shape index (κ2) is 5.81. The second-order valence-electron chi connectivity index (χ2n) is 4.64. The number of nitrogens with one attached hydrogen (secondary N) is 2. The third kappa shape index (κ3) is 2.84. The van der Waals surface area contributed by atoms with Crippen LogP contribution < -0.4 is 10.6 Å². The Labute approximate surface area is 116 Å². The third-order valence-corrected chi connectivity index (χ3v) is 2.88. The van der Waals surface area contributed by atoms with Crippen LogP contribution in [0.25, 0.3) is 0 Å². The van der Waals surface area contributed by atoms with Gasteiger partial charge in [-0.25, -0.2) is 18.7 Å². The first-order chi connectivity index (χ1) is 9.52. The van der Waals surface area contributed by atoms with Crippen molar-refractivity contribution in [3.63, 3.8) is 0 Å². The Morgan fingerprint density at radius 3 is 2.35 bits per heavy atom. The summed E-state index contributed by atoms with van der Waals surface area (Å²) in [6.07, 6.45) is 1.42. The lowest BCUT2D eigenvalue weighted by Gasteiger charge is -2.16.